The summed E-state index contributed by atoms with van der Waals surface area (Å²) in [5, 5.41) is 26.0. The summed E-state index contributed by atoms with van der Waals surface area (Å²) in [7, 11) is 0. The largest absolute Gasteiger partial charge is 0.454 e. The zero-order chi connectivity index (χ0) is 28.7. The molecule has 43 heavy (non-hydrogen) atoms. The summed E-state index contributed by atoms with van der Waals surface area (Å²) in [5.74, 6) is 0. The minimum Gasteiger partial charge on any atom is -0.454 e. The van der Waals surface area contributed by atoms with Gasteiger partial charge in [-0.1, -0.05) is 60.7 Å². The quantitative estimate of drug-likeness (QED) is 0.216. The lowest BCUT2D eigenvalue weighted by molar-refractivity contribution is 0.666. The number of benzene rings is 6. The molecule has 0 spiro atoms. The number of rotatable bonds is 2. The molecule has 0 N–H and O–H groups in total. The Morgan fingerprint density at radius 2 is 1.21 bits per heavy atom. The molecular formula is C38H20N4O. The topological polar surface area (TPSA) is 70.6 Å². The van der Waals surface area contributed by atoms with Crippen LogP contribution in [0.5, 0.6) is 0 Å². The van der Waals surface area contributed by atoms with Gasteiger partial charge in [0.1, 0.15) is 5.58 Å². The average Bonchev–Trinajstić information content (AvgIpc) is 3.72. The molecule has 6 aromatic carbocycles. The maximum Gasteiger partial charge on any atom is 0.159 e. The molecular weight excluding hydrogens is 528 g/mol. The van der Waals surface area contributed by atoms with E-state index in [1.54, 1.807) is 0 Å². The van der Waals surface area contributed by atoms with Gasteiger partial charge in [-0.3, -0.25) is 0 Å². The minimum absolute atomic E-state index is 0.579. The molecule has 0 saturated heterocycles. The van der Waals surface area contributed by atoms with E-state index < -0.39 is 0 Å². The van der Waals surface area contributed by atoms with Crippen LogP contribution < -0.4 is 0 Å². The van der Waals surface area contributed by atoms with Gasteiger partial charge < -0.3 is 13.6 Å². The van der Waals surface area contributed by atoms with E-state index in [1.807, 2.05) is 66.7 Å². The molecule has 3 aromatic heterocycles. The Kier molecular flexibility index (Phi) is 4.68. The van der Waals surface area contributed by atoms with E-state index in [-0.39, 0.29) is 0 Å². The van der Waals surface area contributed by atoms with Crippen molar-refractivity contribution in [1.82, 2.24) is 9.13 Å². The third kappa shape index (κ3) is 3.14. The molecule has 198 valence electrons. The monoisotopic (exact) mass is 548 g/mol. The van der Waals surface area contributed by atoms with E-state index in [1.165, 1.54) is 0 Å². The van der Waals surface area contributed by atoms with Crippen LogP contribution in [0.1, 0.15) is 11.1 Å². The highest BCUT2D eigenvalue weighted by molar-refractivity contribution is 6.15. The molecule has 0 aliphatic heterocycles. The van der Waals surface area contributed by atoms with Crippen LogP contribution in [0, 0.1) is 22.7 Å². The van der Waals surface area contributed by atoms with Crippen molar-refractivity contribution in [3.63, 3.8) is 0 Å². The van der Waals surface area contributed by atoms with E-state index in [2.05, 4.69) is 75.9 Å². The Hall–Kier alpha value is -6.30. The standard InChI is InChI=1S/C38H20N4O/c39-21-23-18-30-27-10-3-6-15-36(27)43-38(30)35(19-23)42-31-12-4-1-9-26(31)29-20-25(16-17-33(29)42)41-32-13-5-2-11-28(32)37-24(22-40)8-7-14-34(37)41/h1-20H. The van der Waals surface area contributed by atoms with Crippen LogP contribution in [0.25, 0.3) is 76.9 Å². The first kappa shape index (κ1) is 23.4. The van der Waals surface area contributed by atoms with Crippen molar-refractivity contribution in [1.29, 1.82) is 10.5 Å². The summed E-state index contributed by atoms with van der Waals surface area (Å²) >= 11 is 0. The summed E-state index contributed by atoms with van der Waals surface area (Å²) in [4.78, 5) is 0. The molecule has 0 radical (unpaired) electrons. The van der Waals surface area contributed by atoms with Gasteiger partial charge in [0, 0.05) is 38.0 Å². The number of nitrogens with zero attached hydrogens (tertiary/aromatic N) is 4. The molecule has 0 aliphatic carbocycles. The van der Waals surface area contributed by atoms with Crippen LogP contribution in [0.15, 0.2) is 126 Å². The molecule has 5 heteroatoms. The molecule has 0 amide bonds. The van der Waals surface area contributed by atoms with Crippen LogP contribution in [-0.4, -0.2) is 9.13 Å². The van der Waals surface area contributed by atoms with E-state index in [9.17, 15) is 10.5 Å². The fourth-order valence-electron chi connectivity index (χ4n) is 6.79. The van der Waals surface area contributed by atoms with Crippen LogP contribution in [0.2, 0.25) is 0 Å². The Morgan fingerprint density at radius 3 is 2.02 bits per heavy atom. The number of para-hydroxylation sites is 3. The number of furan rings is 1. The zero-order valence-corrected chi connectivity index (χ0v) is 22.7. The lowest BCUT2D eigenvalue weighted by atomic mass is 10.1. The third-order valence-corrected chi connectivity index (χ3v) is 8.56. The van der Waals surface area contributed by atoms with Gasteiger partial charge in [0.05, 0.1) is 51.0 Å². The molecule has 0 bridgehead atoms. The highest BCUT2D eigenvalue weighted by Gasteiger charge is 2.20. The summed E-state index contributed by atoms with van der Waals surface area (Å²) < 4.78 is 10.9. The molecule has 9 rings (SSSR count). The molecule has 3 heterocycles. The van der Waals surface area contributed by atoms with Gasteiger partial charge in [-0.05, 0) is 60.7 Å². The van der Waals surface area contributed by atoms with E-state index in [0.717, 1.165) is 76.9 Å². The zero-order valence-electron chi connectivity index (χ0n) is 22.7. The van der Waals surface area contributed by atoms with Crippen LogP contribution in [-0.2, 0) is 0 Å². The first-order valence-corrected chi connectivity index (χ1v) is 14.1. The Morgan fingerprint density at radius 1 is 0.512 bits per heavy atom. The number of hydrogen-bond acceptors (Lipinski definition) is 3. The smallest absolute Gasteiger partial charge is 0.159 e. The predicted octanol–water partition coefficient (Wildman–Crippen LogP) is 9.52. The molecule has 0 saturated carbocycles. The lowest BCUT2D eigenvalue weighted by Crippen LogP contribution is -1.97. The normalized spacial score (nSPS) is 11.7. The Balaban J connectivity index is 1.39. The highest BCUT2D eigenvalue weighted by atomic mass is 16.3. The SMILES string of the molecule is N#Cc1cc(-n2c3ccccc3c3cc(-n4c5ccccc5c5c(C#N)cccc54)ccc32)c2oc3ccccc3c2c1. The maximum atomic E-state index is 9.99. The summed E-state index contributed by atoms with van der Waals surface area (Å²) in [6, 6.07) is 45.5. The number of fused-ring (bicyclic) bond motifs is 9. The third-order valence-electron chi connectivity index (χ3n) is 8.56. The molecule has 9 aromatic rings. The first-order valence-electron chi connectivity index (χ1n) is 14.1. The molecule has 0 unspecified atom stereocenters. The fourth-order valence-corrected chi connectivity index (χ4v) is 6.79. The molecule has 0 fully saturated rings. The second kappa shape index (κ2) is 8.60. The molecule has 0 aliphatic rings. The van der Waals surface area contributed by atoms with E-state index in [0.29, 0.717) is 11.1 Å². The summed E-state index contributed by atoms with van der Waals surface area (Å²) in [6.45, 7) is 0. The van der Waals surface area contributed by atoms with Crippen molar-refractivity contribution < 1.29 is 4.42 Å². The molecule has 5 nitrogen and oxygen atoms in total. The van der Waals surface area contributed by atoms with Crippen molar-refractivity contribution in [2.45, 2.75) is 0 Å². The van der Waals surface area contributed by atoms with Crippen LogP contribution in [0.3, 0.4) is 0 Å². The number of nitriles is 2. The predicted molar refractivity (Wildman–Crippen MR) is 172 cm³/mol. The van der Waals surface area contributed by atoms with Gasteiger partial charge in [0.2, 0.25) is 0 Å². The number of hydrogen-bond donors (Lipinski definition) is 0. The van der Waals surface area contributed by atoms with Crippen LogP contribution in [0.4, 0.5) is 0 Å². The average molecular weight is 549 g/mol. The Bertz CT molecular complexity index is 2710. The second-order valence-electron chi connectivity index (χ2n) is 10.8. The van der Waals surface area contributed by atoms with Crippen molar-refractivity contribution in [2.24, 2.45) is 0 Å². The van der Waals surface area contributed by atoms with Crippen molar-refractivity contribution >= 4 is 65.6 Å². The first-order chi connectivity index (χ1) is 21.2. The second-order valence-corrected chi connectivity index (χ2v) is 10.8. The van der Waals surface area contributed by atoms with Gasteiger partial charge >= 0.3 is 0 Å². The minimum atomic E-state index is 0.579. The lowest BCUT2D eigenvalue weighted by Gasteiger charge is -2.11. The van der Waals surface area contributed by atoms with Gasteiger partial charge in [-0.25, -0.2) is 0 Å². The van der Waals surface area contributed by atoms with E-state index >= 15 is 0 Å². The van der Waals surface area contributed by atoms with Crippen molar-refractivity contribution in [3.8, 4) is 23.5 Å². The number of aromatic nitrogens is 2. The van der Waals surface area contributed by atoms with Gasteiger partial charge in [-0.15, -0.1) is 0 Å². The molecule has 0 atom stereocenters. The van der Waals surface area contributed by atoms with Gasteiger partial charge in [-0.2, -0.15) is 10.5 Å². The summed E-state index contributed by atoms with van der Waals surface area (Å²) in [6.07, 6.45) is 0. The maximum absolute atomic E-state index is 9.99. The van der Waals surface area contributed by atoms with Crippen LogP contribution >= 0.6 is 0 Å². The fraction of sp³-hybridized carbons (Fsp3) is 0. The van der Waals surface area contributed by atoms with Crippen molar-refractivity contribution in [3.05, 3.63) is 132 Å². The highest BCUT2D eigenvalue weighted by Crippen LogP contribution is 2.40. The van der Waals surface area contributed by atoms with Crippen molar-refractivity contribution in [2.75, 3.05) is 0 Å². The Labute approximate surface area is 245 Å². The van der Waals surface area contributed by atoms with Gasteiger partial charge in [0.25, 0.3) is 0 Å². The van der Waals surface area contributed by atoms with E-state index in [4.69, 9.17) is 4.42 Å². The van der Waals surface area contributed by atoms with Gasteiger partial charge in [0.15, 0.2) is 5.58 Å². The summed E-state index contributed by atoms with van der Waals surface area (Å²) in [5.41, 5.74) is 8.71.